The van der Waals surface area contributed by atoms with Crippen molar-refractivity contribution in [2.24, 2.45) is 5.41 Å². The van der Waals surface area contributed by atoms with Gasteiger partial charge in [0, 0.05) is 13.1 Å². The molecule has 1 N–H and O–H groups in total. The fourth-order valence-corrected chi connectivity index (χ4v) is 3.77. The van der Waals surface area contributed by atoms with Gasteiger partial charge in [-0.25, -0.2) is 9.97 Å². The highest BCUT2D eigenvalue weighted by Gasteiger charge is 2.44. The molecule has 0 amide bonds. The van der Waals surface area contributed by atoms with Gasteiger partial charge in [0.15, 0.2) is 0 Å². The molecule has 6 heteroatoms. The molecule has 3 rings (SSSR count). The minimum absolute atomic E-state index is 0.540. The Morgan fingerprint density at radius 1 is 1.55 bits per heavy atom. The van der Waals surface area contributed by atoms with Gasteiger partial charge >= 0.3 is 5.97 Å². The van der Waals surface area contributed by atoms with Crippen LogP contribution in [0.4, 0.5) is 5.82 Å². The summed E-state index contributed by atoms with van der Waals surface area (Å²) in [6.45, 7) is 3.32. The lowest BCUT2D eigenvalue weighted by molar-refractivity contribution is -0.148. The number of aromatic nitrogens is 2. The molecule has 2 aromatic rings. The van der Waals surface area contributed by atoms with Gasteiger partial charge in [0.2, 0.25) is 0 Å². The second kappa shape index (κ2) is 5.01. The van der Waals surface area contributed by atoms with Crippen molar-refractivity contribution < 1.29 is 9.90 Å². The van der Waals surface area contributed by atoms with Crippen LogP contribution < -0.4 is 4.90 Å². The number of carboxylic acid groups (broad SMARTS) is 1. The molecule has 1 aliphatic heterocycles. The molecule has 3 heterocycles. The fraction of sp³-hybridized carbons (Fsp3) is 0.500. The van der Waals surface area contributed by atoms with E-state index in [0.717, 1.165) is 35.4 Å². The number of nitrogens with zero attached hydrogens (tertiary/aromatic N) is 3. The third kappa shape index (κ3) is 2.04. The van der Waals surface area contributed by atoms with E-state index in [-0.39, 0.29) is 0 Å². The van der Waals surface area contributed by atoms with Gasteiger partial charge in [-0.05, 0) is 24.3 Å². The number of thiophene rings is 1. The summed E-state index contributed by atoms with van der Waals surface area (Å²) in [4.78, 5) is 23.3. The van der Waals surface area contributed by atoms with Gasteiger partial charge in [0.1, 0.15) is 17.0 Å². The lowest BCUT2D eigenvalue weighted by atomic mass is 9.83. The van der Waals surface area contributed by atoms with Crippen LogP contribution in [0.15, 0.2) is 17.8 Å². The zero-order valence-corrected chi connectivity index (χ0v) is 12.2. The van der Waals surface area contributed by atoms with E-state index < -0.39 is 11.4 Å². The Morgan fingerprint density at radius 3 is 3.15 bits per heavy atom. The van der Waals surface area contributed by atoms with Crippen molar-refractivity contribution in [3.05, 3.63) is 17.8 Å². The van der Waals surface area contributed by atoms with E-state index in [1.54, 1.807) is 17.7 Å². The number of carboxylic acids is 1. The Bertz CT molecular complexity index is 642. The molecule has 0 saturated carbocycles. The van der Waals surface area contributed by atoms with Crippen LogP contribution in [0.25, 0.3) is 10.2 Å². The second-order valence-electron chi connectivity index (χ2n) is 5.34. The number of rotatable bonds is 4. The first-order chi connectivity index (χ1) is 9.66. The van der Waals surface area contributed by atoms with Crippen molar-refractivity contribution in [2.45, 2.75) is 26.2 Å². The smallest absolute Gasteiger partial charge is 0.311 e. The van der Waals surface area contributed by atoms with Crippen molar-refractivity contribution in [1.29, 1.82) is 0 Å². The molecule has 1 fully saturated rings. The first kappa shape index (κ1) is 13.3. The molecule has 1 aliphatic rings. The topological polar surface area (TPSA) is 66.3 Å². The van der Waals surface area contributed by atoms with Gasteiger partial charge in [-0.1, -0.05) is 13.3 Å². The zero-order chi connectivity index (χ0) is 14.2. The van der Waals surface area contributed by atoms with Gasteiger partial charge in [0.25, 0.3) is 0 Å². The van der Waals surface area contributed by atoms with Crippen molar-refractivity contribution in [2.75, 3.05) is 18.0 Å². The second-order valence-corrected chi connectivity index (χ2v) is 6.24. The summed E-state index contributed by atoms with van der Waals surface area (Å²) >= 11 is 1.58. The van der Waals surface area contributed by atoms with Crippen LogP contribution in [-0.4, -0.2) is 34.1 Å². The summed E-state index contributed by atoms with van der Waals surface area (Å²) in [6, 6.07) is 2.01. The third-order valence-electron chi connectivity index (χ3n) is 4.08. The molecule has 1 unspecified atom stereocenters. The predicted octanol–water partition coefficient (Wildman–Crippen LogP) is 2.77. The maximum absolute atomic E-state index is 11.6. The monoisotopic (exact) mass is 291 g/mol. The highest BCUT2D eigenvalue weighted by Crippen LogP contribution is 2.39. The molecular weight excluding hydrogens is 274 g/mol. The largest absolute Gasteiger partial charge is 0.481 e. The van der Waals surface area contributed by atoms with E-state index in [1.165, 1.54) is 0 Å². The van der Waals surface area contributed by atoms with Crippen molar-refractivity contribution in [3.63, 3.8) is 0 Å². The normalized spacial score (nSPS) is 22.6. The highest BCUT2D eigenvalue weighted by atomic mass is 32.1. The molecule has 106 valence electrons. The summed E-state index contributed by atoms with van der Waals surface area (Å²) < 4.78 is 0. The minimum atomic E-state index is -0.683. The summed E-state index contributed by atoms with van der Waals surface area (Å²) in [7, 11) is 0. The molecule has 1 saturated heterocycles. The van der Waals surface area contributed by atoms with E-state index in [1.807, 2.05) is 18.4 Å². The zero-order valence-electron chi connectivity index (χ0n) is 11.4. The Kier molecular flexibility index (Phi) is 3.33. The summed E-state index contributed by atoms with van der Waals surface area (Å²) in [5.74, 6) is 0.188. The average Bonchev–Trinajstić information content (AvgIpc) is 3.05. The van der Waals surface area contributed by atoms with Crippen LogP contribution in [0.2, 0.25) is 0 Å². The van der Waals surface area contributed by atoms with Crippen molar-refractivity contribution in [3.8, 4) is 0 Å². The average molecular weight is 291 g/mol. The third-order valence-corrected chi connectivity index (χ3v) is 4.90. The summed E-state index contributed by atoms with van der Waals surface area (Å²) in [5, 5.41) is 12.6. The molecule has 1 atom stereocenters. The molecule has 0 radical (unpaired) electrons. The molecule has 0 spiro atoms. The van der Waals surface area contributed by atoms with Gasteiger partial charge in [-0.3, -0.25) is 4.79 Å². The minimum Gasteiger partial charge on any atom is -0.481 e. The molecular formula is C14H17N3O2S. The Balaban J connectivity index is 1.93. The maximum Gasteiger partial charge on any atom is 0.311 e. The van der Waals surface area contributed by atoms with Crippen LogP contribution in [0.5, 0.6) is 0 Å². The van der Waals surface area contributed by atoms with E-state index >= 15 is 0 Å². The van der Waals surface area contributed by atoms with Crippen LogP contribution in [0, 0.1) is 5.41 Å². The van der Waals surface area contributed by atoms with E-state index in [0.29, 0.717) is 13.0 Å². The number of anilines is 1. The van der Waals surface area contributed by atoms with Crippen LogP contribution in [0.1, 0.15) is 26.2 Å². The van der Waals surface area contributed by atoms with Gasteiger partial charge in [-0.15, -0.1) is 11.3 Å². The summed E-state index contributed by atoms with van der Waals surface area (Å²) in [6.07, 6.45) is 3.86. The maximum atomic E-state index is 11.6. The predicted molar refractivity (Wildman–Crippen MR) is 79.2 cm³/mol. The fourth-order valence-electron chi connectivity index (χ4n) is 3.05. The lowest BCUT2D eigenvalue weighted by Crippen LogP contribution is -2.34. The number of hydrogen-bond acceptors (Lipinski definition) is 5. The van der Waals surface area contributed by atoms with E-state index in [2.05, 4.69) is 14.9 Å². The van der Waals surface area contributed by atoms with Gasteiger partial charge in [0.05, 0.1) is 10.8 Å². The summed E-state index contributed by atoms with van der Waals surface area (Å²) in [5.41, 5.74) is -0.623. The van der Waals surface area contributed by atoms with Gasteiger partial charge < -0.3 is 10.0 Å². The first-order valence-corrected chi connectivity index (χ1v) is 7.71. The number of hydrogen-bond donors (Lipinski definition) is 1. The standard InChI is InChI=1S/C14H17N3O2S/c1-2-4-14(13(18)19)5-6-17(8-14)11-10-3-7-20-12(10)16-9-15-11/h3,7,9H,2,4-6,8H2,1H3,(H,18,19). The molecule has 0 bridgehead atoms. The van der Waals surface area contributed by atoms with Crippen LogP contribution in [0.3, 0.4) is 0 Å². The Labute approximate surface area is 121 Å². The quantitative estimate of drug-likeness (QED) is 0.938. The molecule has 2 aromatic heterocycles. The molecule has 0 aliphatic carbocycles. The van der Waals surface area contributed by atoms with Crippen molar-refractivity contribution >= 4 is 33.3 Å². The molecule has 5 nitrogen and oxygen atoms in total. The SMILES string of the molecule is CCCC1(C(=O)O)CCN(c2ncnc3sccc23)C1. The lowest BCUT2D eigenvalue weighted by Gasteiger charge is -2.24. The van der Waals surface area contributed by atoms with Crippen molar-refractivity contribution in [1.82, 2.24) is 9.97 Å². The van der Waals surface area contributed by atoms with E-state index in [9.17, 15) is 9.90 Å². The highest BCUT2D eigenvalue weighted by molar-refractivity contribution is 7.16. The van der Waals surface area contributed by atoms with Crippen LogP contribution >= 0.6 is 11.3 Å². The van der Waals surface area contributed by atoms with E-state index in [4.69, 9.17) is 0 Å². The number of aliphatic carboxylic acids is 1. The number of fused-ring (bicyclic) bond motifs is 1. The molecule has 0 aromatic carbocycles. The van der Waals surface area contributed by atoms with Crippen LogP contribution in [-0.2, 0) is 4.79 Å². The Hall–Kier alpha value is -1.69. The van der Waals surface area contributed by atoms with Gasteiger partial charge in [-0.2, -0.15) is 0 Å². The number of carbonyl (C=O) groups is 1. The molecule has 20 heavy (non-hydrogen) atoms. The Morgan fingerprint density at radius 2 is 2.40 bits per heavy atom. The first-order valence-electron chi connectivity index (χ1n) is 6.83.